The number of methoxy groups -OCH3 is 1. The first-order valence-corrected chi connectivity index (χ1v) is 11.1. The van der Waals surface area contributed by atoms with Gasteiger partial charge in [-0.15, -0.1) is 11.3 Å². The molecular weight excluding hydrogens is 406 g/mol. The van der Waals surface area contributed by atoms with E-state index < -0.39 is 0 Å². The Morgan fingerprint density at radius 3 is 2.65 bits per heavy atom. The number of benzene rings is 2. The molecule has 1 amide bonds. The number of nitrogens with two attached hydrogens (primary N) is 1. The maximum Gasteiger partial charge on any atom is 0.267 e. The zero-order valence-electron chi connectivity index (χ0n) is 17.8. The first kappa shape index (κ1) is 20.9. The Kier molecular flexibility index (Phi) is 5.91. The van der Waals surface area contributed by atoms with Crippen molar-refractivity contribution in [2.45, 2.75) is 26.2 Å². The molecule has 0 aliphatic rings. The van der Waals surface area contributed by atoms with E-state index in [2.05, 4.69) is 31.3 Å². The molecule has 0 saturated heterocycles. The SMILES string of the molecule is CC[C@H](C)c1ccc(NC(=O)c2sc3nc(-c4cccc(OC)c4)ccc3c2N)cc1. The van der Waals surface area contributed by atoms with Crippen LogP contribution >= 0.6 is 11.3 Å². The van der Waals surface area contributed by atoms with Crippen LogP contribution in [0.2, 0.25) is 0 Å². The van der Waals surface area contributed by atoms with Crippen molar-refractivity contribution < 1.29 is 9.53 Å². The quantitative estimate of drug-likeness (QED) is 0.374. The van der Waals surface area contributed by atoms with Crippen molar-refractivity contribution in [3.8, 4) is 17.0 Å². The number of nitrogens with one attached hydrogen (secondary N) is 1. The van der Waals surface area contributed by atoms with Crippen LogP contribution in [0.5, 0.6) is 5.75 Å². The number of thiophene rings is 1. The predicted octanol–water partition coefficient (Wildman–Crippen LogP) is 6.32. The summed E-state index contributed by atoms with van der Waals surface area (Å²) >= 11 is 1.30. The number of hydrogen-bond donors (Lipinski definition) is 2. The Morgan fingerprint density at radius 2 is 1.94 bits per heavy atom. The third kappa shape index (κ3) is 4.25. The van der Waals surface area contributed by atoms with Crippen molar-refractivity contribution in [1.29, 1.82) is 0 Å². The van der Waals surface area contributed by atoms with Gasteiger partial charge in [-0.3, -0.25) is 4.79 Å². The van der Waals surface area contributed by atoms with Crippen LogP contribution in [0.1, 0.15) is 41.4 Å². The number of hydrogen-bond acceptors (Lipinski definition) is 5. The minimum Gasteiger partial charge on any atom is -0.497 e. The van der Waals surface area contributed by atoms with Gasteiger partial charge in [0, 0.05) is 16.6 Å². The van der Waals surface area contributed by atoms with Crippen LogP contribution in [0.4, 0.5) is 11.4 Å². The smallest absolute Gasteiger partial charge is 0.267 e. The molecule has 0 radical (unpaired) electrons. The number of anilines is 2. The molecule has 6 heteroatoms. The zero-order valence-corrected chi connectivity index (χ0v) is 18.6. The van der Waals surface area contributed by atoms with Crippen molar-refractivity contribution in [2.75, 3.05) is 18.2 Å². The second-order valence-corrected chi connectivity index (χ2v) is 8.51. The lowest BCUT2D eigenvalue weighted by Gasteiger charge is -2.10. The van der Waals surface area contributed by atoms with Crippen LogP contribution in [0.15, 0.2) is 60.7 Å². The van der Waals surface area contributed by atoms with Crippen LogP contribution in [0.25, 0.3) is 21.5 Å². The highest BCUT2D eigenvalue weighted by atomic mass is 32.1. The molecule has 4 aromatic rings. The highest BCUT2D eigenvalue weighted by Crippen LogP contribution is 2.35. The second kappa shape index (κ2) is 8.78. The number of nitrogens with zero attached hydrogens (tertiary/aromatic N) is 1. The highest BCUT2D eigenvalue weighted by Gasteiger charge is 2.18. The average Bonchev–Trinajstić information content (AvgIpc) is 3.15. The van der Waals surface area contributed by atoms with Gasteiger partial charge in [0.2, 0.25) is 0 Å². The number of pyridine rings is 1. The van der Waals surface area contributed by atoms with Gasteiger partial charge in [0.15, 0.2) is 0 Å². The number of nitrogen functional groups attached to an aromatic ring is 1. The standard InChI is InChI=1S/C25H25N3O2S/c1-4-15(2)16-8-10-18(11-9-16)27-24(29)23-22(26)20-12-13-21(28-25(20)31-23)17-6-5-7-19(14-17)30-3/h5-15H,4,26H2,1-3H3,(H,27,29)/t15-/m0/s1. The molecule has 0 saturated carbocycles. The van der Waals surface area contributed by atoms with Crippen molar-refractivity contribution >= 4 is 38.8 Å². The molecule has 1 atom stereocenters. The minimum atomic E-state index is -0.222. The summed E-state index contributed by atoms with van der Waals surface area (Å²) in [4.78, 5) is 18.8. The third-order valence-corrected chi connectivity index (χ3v) is 6.63. The lowest BCUT2D eigenvalue weighted by atomic mass is 9.99. The van der Waals surface area contributed by atoms with E-state index in [9.17, 15) is 4.79 Å². The lowest BCUT2D eigenvalue weighted by molar-refractivity contribution is 0.103. The van der Waals surface area contributed by atoms with Crippen molar-refractivity contribution in [1.82, 2.24) is 4.98 Å². The predicted molar refractivity (Wildman–Crippen MR) is 129 cm³/mol. The Hall–Kier alpha value is -3.38. The Balaban J connectivity index is 1.60. The lowest BCUT2D eigenvalue weighted by Crippen LogP contribution is -2.12. The number of ether oxygens (including phenoxy) is 1. The van der Waals surface area contributed by atoms with E-state index in [4.69, 9.17) is 15.5 Å². The normalized spacial score (nSPS) is 12.0. The molecule has 2 aromatic carbocycles. The summed E-state index contributed by atoms with van der Waals surface area (Å²) < 4.78 is 5.30. The molecule has 0 fully saturated rings. The number of carbonyl (C=O) groups excluding carboxylic acids is 1. The molecule has 0 aliphatic heterocycles. The van der Waals surface area contributed by atoms with Crippen molar-refractivity contribution in [2.24, 2.45) is 0 Å². The molecule has 0 aliphatic carbocycles. The number of amides is 1. The highest BCUT2D eigenvalue weighted by molar-refractivity contribution is 7.21. The van der Waals surface area contributed by atoms with Gasteiger partial charge in [0.1, 0.15) is 15.5 Å². The van der Waals surface area contributed by atoms with E-state index >= 15 is 0 Å². The molecule has 2 heterocycles. The van der Waals surface area contributed by atoms with Gasteiger partial charge < -0.3 is 15.8 Å². The van der Waals surface area contributed by atoms with Gasteiger partial charge in [0.05, 0.1) is 18.5 Å². The van der Waals surface area contributed by atoms with Gasteiger partial charge in [-0.25, -0.2) is 4.98 Å². The maximum atomic E-state index is 12.9. The van der Waals surface area contributed by atoms with Crippen molar-refractivity contribution in [3.63, 3.8) is 0 Å². The van der Waals surface area contributed by atoms with E-state index in [1.54, 1.807) is 7.11 Å². The fraction of sp³-hybridized carbons (Fsp3) is 0.200. The molecule has 31 heavy (non-hydrogen) atoms. The fourth-order valence-corrected chi connectivity index (χ4v) is 4.42. The zero-order chi connectivity index (χ0) is 22.0. The minimum absolute atomic E-state index is 0.222. The van der Waals surface area contributed by atoms with E-state index in [1.807, 2.05) is 48.5 Å². The van der Waals surface area contributed by atoms with Gasteiger partial charge in [0.25, 0.3) is 5.91 Å². The number of carbonyl (C=O) groups is 1. The van der Waals surface area contributed by atoms with Crippen LogP contribution in [-0.4, -0.2) is 18.0 Å². The second-order valence-electron chi connectivity index (χ2n) is 7.51. The summed E-state index contributed by atoms with van der Waals surface area (Å²) in [5.74, 6) is 1.04. The molecule has 0 unspecified atom stereocenters. The summed E-state index contributed by atoms with van der Waals surface area (Å²) in [6, 6.07) is 19.5. The maximum absolute atomic E-state index is 12.9. The molecule has 5 nitrogen and oxygen atoms in total. The number of aromatic nitrogens is 1. The molecule has 2 aromatic heterocycles. The summed E-state index contributed by atoms with van der Waals surface area (Å²) in [5, 5.41) is 3.74. The summed E-state index contributed by atoms with van der Waals surface area (Å²) in [6.45, 7) is 4.36. The number of rotatable bonds is 6. The first-order chi connectivity index (χ1) is 15.0. The first-order valence-electron chi connectivity index (χ1n) is 10.2. The molecule has 4 rings (SSSR count). The molecule has 0 bridgehead atoms. The van der Waals surface area contributed by atoms with Crippen molar-refractivity contribution in [3.05, 3.63) is 71.1 Å². The van der Waals surface area contributed by atoms with E-state index in [0.717, 1.165) is 39.3 Å². The summed E-state index contributed by atoms with van der Waals surface area (Å²) in [6.07, 6.45) is 1.08. The van der Waals surface area contributed by atoms with Crippen LogP contribution < -0.4 is 15.8 Å². The molecule has 158 valence electrons. The van der Waals surface area contributed by atoms with E-state index in [-0.39, 0.29) is 5.91 Å². The number of fused-ring (bicyclic) bond motifs is 1. The summed E-state index contributed by atoms with van der Waals surface area (Å²) in [5.41, 5.74) is 10.5. The van der Waals surface area contributed by atoms with E-state index in [0.29, 0.717) is 16.5 Å². The van der Waals surface area contributed by atoms with Crippen LogP contribution in [-0.2, 0) is 0 Å². The topological polar surface area (TPSA) is 77.2 Å². The molecule has 0 spiro atoms. The van der Waals surface area contributed by atoms with Gasteiger partial charge in [-0.05, 0) is 54.3 Å². The average molecular weight is 432 g/mol. The fourth-order valence-electron chi connectivity index (χ4n) is 3.43. The molecule has 3 N–H and O–H groups in total. The Bertz CT molecular complexity index is 1230. The Morgan fingerprint density at radius 1 is 1.16 bits per heavy atom. The van der Waals surface area contributed by atoms with Crippen LogP contribution in [0.3, 0.4) is 0 Å². The van der Waals surface area contributed by atoms with Gasteiger partial charge in [-0.1, -0.05) is 38.1 Å². The Labute approximate surface area is 185 Å². The third-order valence-electron chi connectivity index (χ3n) is 5.52. The largest absolute Gasteiger partial charge is 0.497 e. The van der Waals surface area contributed by atoms with Crippen LogP contribution in [0, 0.1) is 0 Å². The molecular formula is C25H25N3O2S. The van der Waals surface area contributed by atoms with Gasteiger partial charge >= 0.3 is 0 Å². The van der Waals surface area contributed by atoms with Gasteiger partial charge in [-0.2, -0.15) is 0 Å². The summed E-state index contributed by atoms with van der Waals surface area (Å²) in [7, 11) is 1.64. The van der Waals surface area contributed by atoms with E-state index in [1.165, 1.54) is 16.9 Å². The monoisotopic (exact) mass is 431 g/mol.